The van der Waals surface area contributed by atoms with Gasteiger partial charge in [-0.25, -0.2) is 13.2 Å². The van der Waals surface area contributed by atoms with E-state index in [0.29, 0.717) is 12.2 Å². The van der Waals surface area contributed by atoms with Crippen molar-refractivity contribution < 1.29 is 33.0 Å². The lowest BCUT2D eigenvalue weighted by atomic mass is 9.93. The summed E-state index contributed by atoms with van der Waals surface area (Å²) < 4.78 is 24.1. The molecule has 0 bridgehead atoms. The molecule has 1 heterocycles. The van der Waals surface area contributed by atoms with Crippen LogP contribution in [0.5, 0.6) is 0 Å². The molecule has 0 aromatic rings. The summed E-state index contributed by atoms with van der Waals surface area (Å²) in [7, 11) is -3.91. The summed E-state index contributed by atoms with van der Waals surface area (Å²) in [5.74, 6) is -6.43. The number of carbonyl (C=O) groups is 3. The fourth-order valence-electron chi connectivity index (χ4n) is 3.19. The first-order valence-electron chi connectivity index (χ1n) is 6.83. The first-order chi connectivity index (χ1) is 10.6. The molecular formula is C12H18N2O7S2. The Hall–Kier alpha value is -1.33. The zero-order valence-electron chi connectivity index (χ0n) is 12.3. The highest BCUT2D eigenvalue weighted by molar-refractivity contribution is 7.98. The van der Waals surface area contributed by atoms with Crippen LogP contribution in [0.2, 0.25) is 0 Å². The Labute approximate surface area is 136 Å². The largest absolute Gasteiger partial charge is 0.481 e. The Morgan fingerprint density at radius 3 is 2.43 bits per heavy atom. The van der Waals surface area contributed by atoms with Crippen LogP contribution in [0.3, 0.4) is 0 Å². The minimum Gasteiger partial charge on any atom is -0.481 e. The van der Waals surface area contributed by atoms with E-state index >= 15 is 0 Å². The molecule has 1 amide bonds. The van der Waals surface area contributed by atoms with Crippen LogP contribution in [0, 0.1) is 11.8 Å². The molecule has 9 nitrogen and oxygen atoms in total. The maximum absolute atomic E-state index is 12.1. The molecule has 1 aliphatic heterocycles. The number of carbonyl (C=O) groups excluding carboxylic acids is 1. The van der Waals surface area contributed by atoms with E-state index in [1.807, 2.05) is 6.26 Å². The fraction of sp³-hybridized carbons (Fsp3) is 0.750. The van der Waals surface area contributed by atoms with Crippen LogP contribution < -0.4 is 11.1 Å². The summed E-state index contributed by atoms with van der Waals surface area (Å²) >= 11 is 1.46. The van der Waals surface area contributed by atoms with Crippen molar-refractivity contribution in [1.29, 1.82) is 0 Å². The van der Waals surface area contributed by atoms with Crippen LogP contribution in [0.15, 0.2) is 0 Å². The van der Waals surface area contributed by atoms with Gasteiger partial charge in [0.15, 0.2) is 15.4 Å². The Morgan fingerprint density at radius 1 is 1.39 bits per heavy atom. The lowest BCUT2D eigenvalue weighted by Crippen LogP contribution is -2.61. The zero-order valence-corrected chi connectivity index (χ0v) is 13.9. The molecule has 11 heteroatoms. The van der Waals surface area contributed by atoms with Crippen molar-refractivity contribution in [3.63, 3.8) is 0 Å². The van der Waals surface area contributed by atoms with Crippen LogP contribution >= 0.6 is 11.8 Å². The number of hydrogen-bond donors (Lipinski definition) is 4. The molecule has 5 N–H and O–H groups in total. The van der Waals surface area contributed by atoms with Crippen molar-refractivity contribution in [2.75, 3.05) is 17.8 Å². The number of sulfone groups is 1. The van der Waals surface area contributed by atoms with E-state index in [1.54, 1.807) is 0 Å². The van der Waals surface area contributed by atoms with Crippen molar-refractivity contribution in [3.05, 3.63) is 0 Å². The summed E-state index contributed by atoms with van der Waals surface area (Å²) in [4.78, 5) is 34.9. The van der Waals surface area contributed by atoms with Gasteiger partial charge in [-0.2, -0.15) is 11.8 Å². The zero-order chi connectivity index (χ0) is 17.6. The van der Waals surface area contributed by atoms with Crippen molar-refractivity contribution in [2.45, 2.75) is 23.3 Å². The standard InChI is InChI=1S/C12H18N2O7S2/c1-22-3-2-5(13)9(15)14-12(11(18)19)4-23(20,21)8-6(7(8)12)10(16)17/h5-8H,2-4,13H2,1H3,(H,14,15)(H,16,17)(H,18,19)/t5-,6?,7?,8-,12-/m0/s1. The topological polar surface area (TPSA) is 164 Å². The van der Waals surface area contributed by atoms with Gasteiger partial charge in [-0.1, -0.05) is 0 Å². The van der Waals surface area contributed by atoms with Crippen molar-refractivity contribution in [2.24, 2.45) is 17.6 Å². The maximum Gasteiger partial charge on any atom is 0.330 e. The molecule has 130 valence electrons. The number of fused-ring (bicyclic) bond motifs is 1. The highest BCUT2D eigenvalue weighted by atomic mass is 32.2. The van der Waals surface area contributed by atoms with E-state index < -0.39 is 62.1 Å². The summed E-state index contributed by atoms with van der Waals surface area (Å²) in [6.45, 7) is 0. The van der Waals surface area contributed by atoms with Gasteiger partial charge in [0.1, 0.15) is 0 Å². The molecule has 1 saturated carbocycles. The molecule has 1 aliphatic carbocycles. The second-order valence-electron chi connectivity index (χ2n) is 5.82. The van der Waals surface area contributed by atoms with E-state index in [0.717, 1.165) is 0 Å². The Balaban J connectivity index is 2.26. The van der Waals surface area contributed by atoms with Crippen LogP contribution in [-0.2, 0) is 24.2 Å². The molecule has 1 saturated heterocycles. The lowest BCUT2D eigenvalue weighted by molar-refractivity contribution is -0.148. The number of hydrogen-bond acceptors (Lipinski definition) is 7. The molecule has 0 aromatic carbocycles. The van der Waals surface area contributed by atoms with E-state index in [1.165, 1.54) is 11.8 Å². The van der Waals surface area contributed by atoms with Crippen LogP contribution in [0.1, 0.15) is 6.42 Å². The van der Waals surface area contributed by atoms with E-state index in [4.69, 9.17) is 10.8 Å². The molecule has 5 atom stereocenters. The highest BCUT2D eigenvalue weighted by Gasteiger charge is 2.79. The van der Waals surface area contributed by atoms with E-state index in [-0.39, 0.29) is 0 Å². The summed E-state index contributed by atoms with van der Waals surface area (Å²) in [5, 5.41) is 19.5. The number of aliphatic carboxylic acids is 2. The SMILES string of the molecule is CSCC[C@H](N)C(=O)N[C@@]1(C(=O)O)CS(=O)(=O)[C@H]2C(C(=O)O)C21. The molecular weight excluding hydrogens is 348 g/mol. The molecule has 2 fully saturated rings. The van der Waals surface area contributed by atoms with Crippen molar-refractivity contribution >= 4 is 39.4 Å². The number of carboxylic acids is 2. The number of thioether (sulfide) groups is 1. The van der Waals surface area contributed by atoms with Crippen LogP contribution in [-0.4, -0.2) is 71.1 Å². The number of nitrogens with two attached hydrogens (primary N) is 1. The second-order valence-corrected chi connectivity index (χ2v) is 8.96. The van der Waals surface area contributed by atoms with E-state index in [9.17, 15) is 27.9 Å². The second kappa shape index (κ2) is 5.95. The molecule has 23 heavy (non-hydrogen) atoms. The van der Waals surface area contributed by atoms with Gasteiger partial charge in [-0.15, -0.1) is 0 Å². The third-order valence-electron chi connectivity index (χ3n) is 4.35. The third kappa shape index (κ3) is 2.92. The normalized spacial score (nSPS) is 35.1. The van der Waals surface area contributed by atoms with Gasteiger partial charge in [0.25, 0.3) is 0 Å². The van der Waals surface area contributed by atoms with Gasteiger partial charge in [0.05, 0.1) is 23.0 Å². The quantitative estimate of drug-likeness (QED) is 0.404. The molecule has 2 rings (SSSR count). The molecule has 2 unspecified atom stereocenters. The van der Waals surface area contributed by atoms with Gasteiger partial charge < -0.3 is 21.3 Å². The minimum atomic E-state index is -3.91. The van der Waals surface area contributed by atoms with Crippen molar-refractivity contribution in [3.8, 4) is 0 Å². The number of carboxylic acid groups (broad SMARTS) is 2. The van der Waals surface area contributed by atoms with Gasteiger partial charge >= 0.3 is 11.9 Å². The maximum atomic E-state index is 12.1. The first-order valence-corrected chi connectivity index (χ1v) is 9.93. The number of nitrogens with one attached hydrogen (secondary N) is 1. The molecule has 0 spiro atoms. The number of rotatable bonds is 7. The molecule has 2 aliphatic rings. The fourth-order valence-corrected chi connectivity index (χ4v) is 6.38. The molecule has 0 aromatic heterocycles. The van der Waals surface area contributed by atoms with Crippen LogP contribution in [0.25, 0.3) is 0 Å². The minimum absolute atomic E-state index is 0.298. The summed E-state index contributed by atoms with van der Waals surface area (Å²) in [6, 6.07) is -0.984. The van der Waals surface area contributed by atoms with E-state index in [2.05, 4.69) is 5.32 Å². The average molecular weight is 366 g/mol. The van der Waals surface area contributed by atoms with Crippen LogP contribution in [0.4, 0.5) is 0 Å². The Kier molecular flexibility index (Phi) is 4.66. The number of amides is 1. The predicted octanol–water partition coefficient (Wildman–Crippen LogP) is -1.87. The average Bonchev–Trinajstić information content (AvgIpc) is 3.15. The predicted molar refractivity (Wildman–Crippen MR) is 81.7 cm³/mol. The summed E-state index contributed by atoms with van der Waals surface area (Å²) in [5.41, 5.74) is 3.55. The Bertz CT molecular complexity index is 650. The summed E-state index contributed by atoms with van der Waals surface area (Å²) in [6.07, 6.45) is 2.12. The van der Waals surface area contributed by atoms with Gasteiger partial charge in [0.2, 0.25) is 5.91 Å². The van der Waals surface area contributed by atoms with Crippen molar-refractivity contribution in [1.82, 2.24) is 5.32 Å². The molecule has 0 radical (unpaired) electrons. The smallest absolute Gasteiger partial charge is 0.330 e. The monoisotopic (exact) mass is 366 g/mol. The van der Waals surface area contributed by atoms with Gasteiger partial charge in [-0.05, 0) is 18.4 Å². The van der Waals surface area contributed by atoms with Gasteiger partial charge in [-0.3, -0.25) is 9.59 Å². The highest BCUT2D eigenvalue weighted by Crippen LogP contribution is 2.57. The lowest BCUT2D eigenvalue weighted by Gasteiger charge is -2.28. The third-order valence-corrected chi connectivity index (χ3v) is 7.27. The first kappa shape index (κ1) is 18.0. The van der Waals surface area contributed by atoms with Gasteiger partial charge in [0, 0.05) is 5.92 Å². The Morgan fingerprint density at radius 2 is 2.00 bits per heavy atom.